The zero-order valence-electron chi connectivity index (χ0n) is 8.42. The van der Waals surface area contributed by atoms with Crippen LogP contribution in [0.1, 0.15) is 22.8 Å². The van der Waals surface area contributed by atoms with Crippen LogP contribution in [0.15, 0.2) is 18.2 Å². The summed E-state index contributed by atoms with van der Waals surface area (Å²) >= 11 is 6.04. The monoisotopic (exact) mass is 225 g/mol. The quantitative estimate of drug-likeness (QED) is 0.742. The number of fused-ring (bicyclic) bond motifs is 1. The predicted molar refractivity (Wildman–Crippen MR) is 58.0 cm³/mol. The molecule has 80 valence electrons. The first-order valence-corrected chi connectivity index (χ1v) is 5.14. The third kappa shape index (κ3) is 1.73. The molecule has 0 radical (unpaired) electrons. The number of cyclic esters (lactones) is 1. The van der Waals surface area contributed by atoms with E-state index in [0.717, 1.165) is 5.56 Å². The fourth-order valence-electron chi connectivity index (χ4n) is 1.73. The molecule has 1 aliphatic rings. The molecule has 2 rings (SSSR count). The van der Waals surface area contributed by atoms with Crippen molar-refractivity contribution in [3.63, 3.8) is 0 Å². The van der Waals surface area contributed by atoms with Gasteiger partial charge in [0.05, 0.1) is 5.56 Å². The Bertz CT molecular complexity index is 419. The van der Waals surface area contributed by atoms with Crippen molar-refractivity contribution < 1.29 is 9.53 Å². The van der Waals surface area contributed by atoms with Crippen LogP contribution in [-0.2, 0) is 11.2 Å². The van der Waals surface area contributed by atoms with Crippen LogP contribution >= 0.6 is 11.6 Å². The highest BCUT2D eigenvalue weighted by molar-refractivity contribution is 6.31. The number of ether oxygens (including phenoxy) is 1. The molecule has 0 spiro atoms. The van der Waals surface area contributed by atoms with Crippen LogP contribution in [0.3, 0.4) is 0 Å². The molecule has 1 aromatic rings. The molecule has 1 aliphatic heterocycles. The summed E-state index contributed by atoms with van der Waals surface area (Å²) in [5, 5.41) is 0.601. The Morgan fingerprint density at radius 2 is 2.33 bits per heavy atom. The Morgan fingerprint density at radius 1 is 1.60 bits per heavy atom. The molecule has 1 aromatic carbocycles. The Hall–Kier alpha value is -1.06. The third-order valence-corrected chi connectivity index (χ3v) is 3.01. The highest BCUT2D eigenvalue weighted by Gasteiger charge is 2.36. The number of carbonyl (C=O) groups is 1. The second-order valence-electron chi connectivity index (χ2n) is 3.99. The molecular formula is C11H12ClNO2. The maximum atomic E-state index is 11.7. The van der Waals surface area contributed by atoms with Crippen LogP contribution in [0.25, 0.3) is 0 Å². The maximum Gasteiger partial charge on any atom is 0.339 e. The number of carbonyl (C=O) groups excluding carboxylic acids is 1. The fraction of sp³-hybridized carbons (Fsp3) is 0.364. The summed E-state index contributed by atoms with van der Waals surface area (Å²) in [5.74, 6) is -0.341. The van der Waals surface area contributed by atoms with E-state index in [0.29, 0.717) is 23.6 Å². The molecule has 0 aliphatic carbocycles. The van der Waals surface area contributed by atoms with Crippen molar-refractivity contribution in [1.82, 2.24) is 0 Å². The van der Waals surface area contributed by atoms with E-state index in [2.05, 4.69) is 0 Å². The summed E-state index contributed by atoms with van der Waals surface area (Å²) in [7, 11) is 0. The van der Waals surface area contributed by atoms with E-state index in [4.69, 9.17) is 22.1 Å². The molecule has 0 amide bonds. The van der Waals surface area contributed by atoms with Crippen LogP contribution in [0, 0.1) is 0 Å². The Balaban J connectivity index is 2.51. The Labute approximate surface area is 93.2 Å². The van der Waals surface area contributed by atoms with E-state index >= 15 is 0 Å². The molecule has 1 atom stereocenters. The number of halogens is 1. The van der Waals surface area contributed by atoms with Gasteiger partial charge in [-0.3, -0.25) is 0 Å². The molecule has 0 bridgehead atoms. The molecule has 4 heteroatoms. The fourth-order valence-corrected chi connectivity index (χ4v) is 1.97. The van der Waals surface area contributed by atoms with Gasteiger partial charge in [0.2, 0.25) is 0 Å². The van der Waals surface area contributed by atoms with Gasteiger partial charge >= 0.3 is 5.97 Å². The van der Waals surface area contributed by atoms with Gasteiger partial charge in [-0.2, -0.15) is 0 Å². The van der Waals surface area contributed by atoms with Gasteiger partial charge in [-0.15, -0.1) is 0 Å². The Morgan fingerprint density at radius 3 is 3.00 bits per heavy atom. The van der Waals surface area contributed by atoms with Crippen LogP contribution in [0.2, 0.25) is 5.02 Å². The Kier molecular flexibility index (Phi) is 2.44. The van der Waals surface area contributed by atoms with Crippen molar-refractivity contribution in [1.29, 1.82) is 0 Å². The SMILES string of the molecule is CC1(CN)Cc2c(Cl)cccc2C(=O)O1. The van der Waals surface area contributed by atoms with Gasteiger partial charge in [-0.05, 0) is 24.6 Å². The number of nitrogens with two attached hydrogens (primary N) is 1. The van der Waals surface area contributed by atoms with E-state index in [1.807, 2.05) is 6.92 Å². The third-order valence-electron chi connectivity index (χ3n) is 2.66. The lowest BCUT2D eigenvalue weighted by molar-refractivity contribution is -0.0110. The van der Waals surface area contributed by atoms with E-state index in [-0.39, 0.29) is 5.97 Å². The van der Waals surface area contributed by atoms with Crippen LogP contribution < -0.4 is 5.73 Å². The second-order valence-corrected chi connectivity index (χ2v) is 4.39. The van der Waals surface area contributed by atoms with E-state index in [1.54, 1.807) is 18.2 Å². The number of esters is 1. The molecule has 0 saturated carbocycles. The minimum Gasteiger partial charge on any atom is -0.454 e. The van der Waals surface area contributed by atoms with Crippen molar-refractivity contribution in [2.45, 2.75) is 18.9 Å². The van der Waals surface area contributed by atoms with Crippen LogP contribution in [0.4, 0.5) is 0 Å². The molecule has 0 saturated heterocycles. The van der Waals surface area contributed by atoms with Gasteiger partial charge < -0.3 is 10.5 Å². The van der Waals surface area contributed by atoms with Gasteiger partial charge in [0, 0.05) is 18.0 Å². The van der Waals surface area contributed by atoms with Gasteiger partial charge in [-0.25, -0.2) is 4.79 Å². The first-order valence-electron chi connectivity index (χ1n) is 4.76. The summed E-state index contributed by atoms with van der Waals surface area (Å²) < 4.78 is 5.28. The van der Waals surface area contributed by atoms with Gasteiger partial charge in [-0.1, -0.05) is 17.7 Å². The van der Waals surface area contributed by atoms with Crippen LogP contribution in [0.5, 0.6) is 0 Å². The second kappa shape index (κ2) is 3.51. The number of hydrogen-bond donors (Lipinski definition) is 1. The highest BCUT2D eigenvalue weighted by Crippen LogP contribution is 2.31. The average Bonchev–Trinajstić information content (AvgIpc) is 2.20. The number of hydrogen-bond acceptors (Lipinski definition) is 3. The topological polar surface area (TPSA) is 52.3 Å². The normalized spacial score (nSPS) is 24.6. The van der Waals surface area contributed by atoms with Crippen molar-refractivity contribution in [3.8, 4) is 0 Å². The van der Waals surface area contributed by atoms with Crippen molar-refractivity contribution >= 4 is 17.6 Å². The maximum absolute atomic E-state index is 11.7. The van der Waals surface area contributed by atoms with Crippen molar-refractivity contribution in [2.24, 2.45) is 5.73 Å². The van der Waals surface area contributed by atoms with Crippen molar-refractivity contribution in [2.75, 3.05) is 6.54 Å². The van der Waals surface area contributed by atoms with Crippen LogP contribution in [-0.4, -0.2) is 18.1 Å². The van der Waals surface area contributed by atoms with Gasteiger partial charge in [0.1, 0.15) is 5.60 Å². The lowest BCUT2D eigenvalue weighted by Gasteiger charge is -2.33. The number of benzene rings is 1. The smallest absolute Gasteiger partial charge is 0.339 e. The molecule has 3 nitrogen and oxygen atoms in total. The van der Waals surface area contributed by atoms with E-state index in [1.165, 1.54) is 0 Å². The molecule has 1 heterocycles. The first kappa shape index (κ1) is 10.5. The van der Waals surface area contributed by atoms with E-state index < -0.39 is 5.60 Å². The highest BCUT2D eigenvalue weighted by atomic mass is 35.5. The minimum absolute atomic E-state index is 0.295. The summed E-state index contributed by atoms with van der Waals surface area (Å²) in [4.78, 5) is 11.7. The van der Waals surface area contributed by atoms with Gasteiger partial charge in [0.15, 0.2) is 0 Å². The molecule has 0 fully saturated rings. The number of rotatable bonds is 1. The molecule has 2 N–H and O–H groups in total. The lowest BCUT2D eigenvalue weighted by Crippen LogP contribution is -2.45. The molecule has 0 aromatic heterocycles. The van der Waals surface area contributed by atoms with E-state index in [9.17, 15) is 4.79 Å². The zero-order chi connectivity index (χ0) is 11.1. The predicted octanol–water partition coefficient (Wildman–Crippen LogP) is 1.77. The molecular weight excluding hydrogens is 214 g/mol. The van der Waals surface area contributed by atoms with Gasteiger partial charge in [0.25, 0.3) is 0 Å². The molecule has 15 heavy (non-hydrogen) atoms. The summed E-state index contributed by atoms with van der Waals surface area (Å²) in [6.45, 7) is 2.11. The minimum atomic E-state index is -0.630. The first-order chi connectivity index (χ1) is 7.06. The zero-order valence-corrected chi connectivity index (χ0v) is 9.17. The lowest BCUT2D eigenvalue weighted by atomic mass is 9.90. The summed E-state index contributed by atoms with van der Waals surface area (Å²) in [6.07, 6.45) is 0.574. The summed E-state index contributed by atoms with van der Waals surface area (Å²) in [5.41, 5.74) is 6.34. The van der Waals surface area contributed by atoms with Crippen molar-refractivity contribution in [3.05, 3.63) is 34.3 Å². The molecule has 1 unspecified atom stereocenters. The average molecular weight is 226 g/mol. The largest absolute Gasteiger partial charge is 0.454 e. The standard InChI is InChI=1S/C11H12ClNO2/c1-11(6-13)5-8-7(10(14)15-11)3-2-4-9(8)12/h2-4H,5-6,13H2,1H3. The summed E-state index contributed by atoms with van der Waals surface area (Å²) in [6, 6.07) is 5.24.